The number of fused-ring (bicyclic) bond motifs is 1. The average molecular weight is 425 g/mol. The molecular weight excluding hydrogens is 396 g/mol. The molecule has 1 atom stereocenters. The SMILES string of the molecule is C#Cc1cnc2c(C)cc(OC(SC)C(=O)NC(C)(C)C(=C)C(C)=COC)cc2c1. The summed E-state index contributed by atoms with van der Waals surface area (Å²) in [5, 5.41) is 3.89. The van der Waals surface area contributed by atoms with E-state index in [1.807, 2.05) is 52.1 Å². The fourth-order valence-corrected chi connectivity index (χ4v) is 3.54. The number of aromatic nitrogens is 1. The smallest absolute Gasteiger partial charge is 0.272 e. The summed E-state index contributed by atoms with van der Waals surface area (Å²) in [7, 11) is 1.58. The number of ether oxygens (including phenoxy) is 2. The summed E-state index contributed by atoms with van der Waals surface area (Å²) in [6, 6.07) is 5.60. The largest absolute Gasteiger partial charge is 0.504 e. The van der Waals surface area contributed by atoms with Crippen LogP contribution in [0, 0.1) is 19.3 Å². The molecule has 0 radical (unpaired) electrons. The number of pyridine rings is 1. The molecule has 0 aliphatic heterocycles. The molecule has 2 rings (SSSR count). The van der Waals surface area contributed by atoms with Crippen LogP contribution in [0.3, 0.4) is 0 Å². The molecular formula is C24H28N2O3S. The van der Waals surface area contributed by atoms with Crippen molar-refractivity contribution in [2.24, 2.45) is 0 Å². The first-order valence-electron chi connectivity index (χ1n) is 9.40. The summed E-state index contributed by atoms with van der Waals surface area (Å²) < 4.78 is 11.1. The number of rotatable bonds is 8. The van der Waals surface area contributed by atoms with Crippen LogP contribution >= 0.6 is 11.8 Å². The zero-order chi connectivity index (χ0) is 22.5. The van der Waals surface area contributed by atoms with E-state index in [9.17, 15) is 4.79 Å². The Kier molecular flexibility index (Phi) is 7.58. The van der Waals surface area contributed by atoms with Gasteiger partial charge >= 0.3 is 0 Å². The van der Waals surface area contributed by atoms with Crippen LogP contribution in [-0.4, -0.2) is 35.2 Å². The number of hydrogen-bond acceptors (Lipinski definition) is 5. The molecule has 1 amide bonds. The second kappa shape index (κ2) is 9.73. The van der Waals surface area contributed by atoms with Crippen molar-refractivity contribution in [1.29, 1.82) is 0 Å². The Morgan fingerprint density at radius 3 is 2.70 bits per heavy atom. The summed E-state index contributed by atoms with van der Waals surface area (Å²) in [6.45, 7) is 11.7. The third-order valence-corrected chi connectivity index (χ3v) is 5.48. The number of nitrogens with zero attached hydrogens (tertiary/aromatic N) is 1. The fraction of sp³-hybridized carbons (Fsp3) is 0.333. The van der Waals surface area contributed by atoms with E-state index in [4.69, 9.17) is 15.9 Å². The Labute approximate surface area is 182 Å². The normalized spacial score (nSPS) is 12.8. The van der Waals surface area contributed by atoms with Crippen LogP contribution in [0.5, 0.6) is 5.75 Å². The van der Waals surface area contributed by atoms with Crippen LogP contribution in [-0.2, 0) is 9.53 Å². The van der Waals surface area contributed by atoms with Crippen LogP contribution in [0.15, 0.2) is 48.4 Å². The maximum absolute atomic E-state index is 12.9. The molecule has 5 nitrogen and oxygen atoms in total. The minimum Gasteiger partial charge on any atom is -0.504 e. The minimum atomic E-state index is -0.732. The first-order valence-corrected chi connectivity index (χ1v) is 10.7. The fourth-order valence-electron chi connectivity index (χ4n) is 3.06. The van der Waals surface area contributed by atoms with Gasteiger partial charge in [0.05, 0.1) is 24.4 Å². The van der Waals surface area contributed by atoms with Crippen molar-refractivity contribution in [3.8, 4) is 18.1 Å². The number of terminal acetylenes is 1. The number of aryl methyl sites for hydroxylation is 1. The van der Waals surface area contributed by atoms with Crippen molar-refractivity contribution in [1.82, 2.24) is 10.3 Å². The zero-order valence-electron chi connectivity index (χ0n) is 18.3. The van der Waals surface area contributed by atoms with E-state index in [0.717, 1.165) is 27.6 Å². The molecule has 0 saturated carbocycles. The third-order valence-electron chi connectivity index (χ3n) is 4.75. The molecule has 2 aromatic rings. The van der Waals surface area contributed by atoms with Crippen LogP contribution in [0.25, 0.3) is 10.9 Å². The molecule has 1 heterocycles. The maximum Gasteiger partial charge on any atom is 0.272 e. The lowest BCUT2D eigenvalue weighted by molar-refractivity contribution is -0.125. The van der Waals surface area contributed by atoms with Crippen molar-refractivity contribution < 1.29 is 14.3 Å². The van der Waals surface area contributed by atoms with E-state index in [-0.39, 0.29) is 5.91 Å². The molecule has 1 unspecified atom stereocenters. The van der Waals surface area contributed by atoms with E-state index >= 15 is 0 Å². The average Bonchev–Trinajstić information content (AvgIpc) is 2.70. The number of amides is 1. The van der Waals surface area contributed by atoms with E-state index in [1.165, 1.54) is 11.8 Å². The van der Waals surface area contributed by atoms with Gasteiger partial charge in [-0.05, 0) is 68.9 Å². The summed E-state index contributed by atoms with van der Waals surface area (Å²) in [4.78, 5) is 17.4. The molecule has 1 aromatic heterocycles. The van der Waals surface area contributed by atoms with Gasteiger partial charge in [0.2, 0.25) is 5.44 Å². The Morgan fingerprint density at radius 2 is 2.10 bits per heavy atom. The van der Waals surface area contributed by atoms with Gasteiger partial charge in [-0.1, -0.05) is 12.5 Å². The van der Waals surface area contributed by atoms with Gasteiger partial charge < -0.3 is 14.8 Å². The summed E-state index contributed by atoms with van der Waals surface area (Å²) in [5.74, 6) is 2.93. The van der Waals surface area contributed by atoms with Gasteiger partial charge in [-0.3, -0.25) is 9.78 Å². The zero-order valence-corrected chi connectivity index (χ0v) is 19.1. The highest BCUT2D eigenvalue weighted by Crippen LogP contribution is 2.27. The van der Waals surface area contributed by atoms with E-state index in [0.29, 0.717) is 11.3 Å². The molecule has 0 fully saturated rings. The molecule has 30 heavy (non-hydrogen) atoms. The van der Waals surface area contributed by atoms with Gasteiger partial charge in [-0.2, -0.15) is 0 Å². The van der Waals surface area contributed by atoms with E-state index in [1.54, 1.807) is 19.6 Å². The van der Waals surface area contributed by atoms with Crippen LogP contribution in [0.2, 0.25) is 0 Å². The molecule has 0 bridgehead atoms. The van der Waals surface area contributed by atoms with Crippen molar-refractivity contribution in [3.63, 3.8) is 0 Å². The van der Waals surface area contributed by atoms with Gasteiger partial charge in [0.25, 0.3) is 5.91 Å². The van der Waals surface area contributed by atoms with Gasteiger partial charge in [0, 0.05) is 17.1 Å². The first-order chi connectivity index (χ1) is 14.1. The second-order valence-corrected chi connectivity index (χ2v) is 8.39. The summed E-state index contributed by atoms with van der Waals surface area (Å²) in [6.07, 6.45) is 10.6. The lowest BCUT2D eigenvalue weighted by Crippen LogP contribution is -2.49. The van der Waals surface area contributed by atoms with E-state index < -0.39 is 11.0 Å². The molecule has 1 N–H and O–H groups in total. The number of carbonyl (C=O) groups is 1. The van der Waals surface area contributed by atoms with Crippen molar-refractivity contribution in [2.75, 3.05) is 13.4 Å². The molecule has 0 saturated heterocycles. The van der Waals surface area contributed by atoms with E-state index in [2.05, 4.69) is 22.8 Å². The predicted molar refractivity (Wildman–Crippen MR) is 124 cm³/mol. The van der Waals surface area contributed by atoms with Crippen molar-refractivity contribution >= 4 is 28.6 Å². The Hall–Kier alpha value is -2.91. The number of thioether (sulfide) groups is 1. The Balaban J connectivity index is 2.24. The molecule has 0 spiro atoms. The molecule has 0 aliphatic rings. The quantitative estimate of drug-likeness (QED) is 0.291. The highest BCUT2D eigenvalue weighted by atomic mass is 32.2. The number of hydrogen-bond donors (Lipinski definition) is 1. The second-order valence-electron chi connectivity index (χ2n) is 7.50. The van der Waals surface area contributed by atoms with Crippen LogP contribution < -0.4 is 10.1 Å². The number of nitrogens with one attached hydrogen (secondary N) is 1. The monoisotopic (exact) mass is 424 g/mol. The van der Waals surface area contributed by atoms with Gasteiger partial charge in [-0.15, -0.1) is 18.2 Å². The predicted octanol–water partition coefficient (Wildman–Crippen LogP) is 4.59. The van der Waals surface area contributed by atoms with Crippen LogP contribution in [0.4, 0.5) is 0 Å². The molecule has 158 valence electrons. The van der Waals surface area contributed by atoms with Gasteiger partial charge in [-0.25, -0.2) is 0 Å². The number of benzene rings is 1. The van der Waals surface area contributed by atoms with Gasteiger partial charge in [0.15, 0.2) is 0 Å². The van der Waals surface area contributed by atoms with Crippen molar-refractivity contribution in [3.05, 3.63) is 59.5 Å². The minimum absolute atomic E-state index is 0.243. The third kappa shape index (κ3) is 5.37. The van der Waals surface area contributed by atoms with Gasteiger partial charge in [0.1, 0.15) is 5.75 Å². The molecule has 0 aliphatic carbocycles. The van der Waals surface area contributed by atoms with Crippen LogP contribution in [0.1, 0.15) is 31.9 Å². The first kappa shape index (κ1) is 23.4. The Morgan fingerprint density at radius 1 is 1.40 bits per heavy atom. The standard InChI is InChI=1S/C24H28N2O3S/c1-9-18-11-19-12-20(10-15(2)21(19)25-13-18)29-23(30-8)22(27)26-24(5,6)17(4)16(3)14-28-7/h1,10-14,23H,4H2,2-3,5-8H3,(H,26,27). The number of carbonyl (C=O) groups excluding carboxylic acids is 1. The highest BCUT2D eigenvalue weighted by Gasteiger charge is 2.29. The molecule has 1 aromatic carbocycles. The highest BCUT2D eigenvalue weighted by molar-refractivity contribution is 7.99. The lowest BCUT2D eigenvalue weighted by Gasteiger charge is -2.31. The lowest BCUT2D eigenvalue weighted by atomic mass is 9.90. The Bertz CT molecular complexity index is 1030. The van der Waals surface area contributed by atoms with Crippen molar-refractivity contribution in [2.45, 2.75) is 38.7 Å². The maximum atomic E-state index is 12.9. The molecule has 6 heteroatoms. The summed E-state index contributed by atoms with van der Waals surface area (Å²) in [5.41, 5.74) is 2.70. The topological polar surface area (TPSA) is 60.5 Å². The summed E-state index contributed by atoms with van der Waals surface area (Å²) >= 11 is 1.31. The number of methoxy groups -OCH3 is 1.